The minimum atomic E-state index is -1.37. The zero-order chi connectivity index (χ0) is 36.6. The summed E-state index contributed by atoms with van der Waals surface area (Å²) in [6.45, 7) is 1.78. The van der Waals surface area contributed by atoms with Gasteiger partial charge in [-0.15, -0.1) is 23.5 Å². The molecular formula is C30H32N6O12S2. The Morgan fingerprint density at radius 3 is 1.38 bits per heavy atom. The van der Waals surface area contributed by atoms with Gasteiger partial charge in [0, 0.05) is 36.5 Å². The number of esters is 2. The third-order valence-corrected chi connectivity index (χ3v) is 10.9. The highest BCUT2D eigenvalue weighted by molar-refractivity contribution is 8.00. The number of nitrogens with zero attached hydrogens (tertiary/aromatic N) is 2. The minimum Gasteiger partial charge on any atom is -0.477 e. The molecule has 2 saturated heterocycles. The topological polar surface area (TPSA) is 278 Å². The van der Waals surface area contributed by atoms with E-state index in [1.807, 2.05) is 0 Å². The van der Waals surface area contributed by atoms with Crippen LogP contribution >= 0.6 is 23.5 Å². The maximum absolute atomic E-state index is 13.0. The number of benzene rings is 1. The summed E-state index contributed by atoms with van der Waals surface area (Å²) in [7, 11) is 0. The van der Waals surface area contributed by atoms with Crippen molar-refractivity contribution in [2.75, 3.05) is 24.7 Å². The number of amides is 4. The van der Waals surface area contributed by atoms with Crippen molar-refractivity contribution in [1.29, 1.82) is 0 Å². The molecule has 18 nitrogen and oxygen atoms in total. The fraction of sp³-hybridized carbons (Fsp3) is 0.400. The lowest BCUT2D eigenvalue weighted by Crippen LogP contribution is -2.71. The van der Waals surface area contributed by atoms with Crippen molar-refractivity contribution in [3.8, 4) is 0 Å². The number of nitrogens with one attached hydrogen (secondary N) is 2. The van der Waals surface area contributed by atoms with Crippen LogP contribution in [0.3, 0.4) is 0 Å². The summed E-state index contributed by atoms with van der Waals surface area (Å²) in [5.74, 6) is -6.39. The Labute approximate surface area is 291 Å². The zero-order valence-electron chi connectivity index (χ0n) is 26.4. The van der Waals surface area contributed by atoms with E-state index in [1.54, 1.807) is 0 Å². The van der Waals surface area contributed by atoms with Crippen molar-refractivity contribution in [3.05, 3.63) is 57.9 Å². The zero-order valence-corrected chi connectivity index (χ0v) is 28.1. The average Bonchev–Trinajstić information content (AvgIpc) is 3.08. The van der Waals surface area contributed by atoms with Gasteiger partial charge in [-0.05, 0) is 11.1 Å². The Morgan fingerprint density at radius 1 is 0.740 bits per heavy atom. The molecule has 8 N–H and O–H groups in total. The Morgan fingerprint density at radius 2 is 1.08 bits per heavy atom. The van der Waals surface area contributed by atoms with Crippen LogP contribution in [0.4, 0.5) is 0 Å². The first-order valence-corrected chi connectivity index (χ1v) is 17.0. The van der Waals surface area contributed by atoms with Crippen LogP contribution in [-0.2, 0) is 47.8 Å². The van der Waals surface area contributed by atoms with Gasteiger partial charge in [0.2, 0.25) is 11.8 Å². The molecule has 0 aliphatic carbocycles. The summed E-state index contributed by atoms with van der Waals surface area (Å²) in [6, 6.07) is 1.27. The van der Waals surface area contributed by atoms with Gasteiger partial charge in [-0.2, -0.15) is 0 Å². The number of hydrogen-bond donors (Lipinski definition) is 6. The van der Waals surface area contributed by atoms with Crippen molar-refractivity contribution in [2.24, 2.45) is 11.5 Å². The lowest BCUT2D eigenvalue weighted by atomic mass is 9.98. The van der Waals surface area contributed by atoms with Gasteiger partial charge in [0.1, 0.15) is 59.5 Å². The molecule has 2 fully saturated rings. The fourth-order valence-electron chi connectivity index (χ4n) is 5.67. The van der Waals surface area contributed by atoms with E-state index in [0.717, 1.165) is 9.80 Å². The molecule has 4 heterocycles. The molecule has 0 bridgehead atoms. The quantitative estimate of drug-likeness (QED) is 0.103. The molecule has 1 aromatic rings. The van der Waals surface area contributed by atoms with Gasteiger partial charge in [0.25, 0.3) is 11.8 Å². The molecule has 0 saturated carbocycles. The van der Waals surface area contributed by atoms with Crippen molar-refractivity contribution in [3.63, 3.8) is 0 Å². The summed E-state index contributed by atoms with van der Waals surface area (Å²) in [4.78, 5) is 100. The minimum absolute atomic E-state index is 0.155. The number of carbonyl (C=O) groups is 8. The van der Waals surface area contributed by atoms with Crippen LogP contribution in [0.25, 0.3) is 0 Å². The fourth-order valence-corrected chi connectivity index (χ4v) is 8.32. The standard InChI is InChI=1S/C30H32N6O12S2/c1-11(37)47-7-15-9-49-27-19(25(41)35(27)21(15)29(43)44)33-23(39)17(31)13-3-5-14(6-4-13)18(32)24(40)34-20-26(42)36-22(30(45)46)16(8-48-12(2)38)10-50-28(20)36/h3-6,17-20,27-28H,7-10,31-32H2,1-2H3,(H,33,39)(H,34,40)(H,43,44)(H,45,46)/t17?,18?,19-,20-,27-,28-/m1/s1. The first kappa shape index (κ1) is 36.4. The number of carboxylic acids is 2. The number of hydrogen-bond acceptors (Lipinski definition) is 14. The summed E-state index contributed by atoms with van der Waals surface area (Å²) in [5.41, 5.74) is 12.8. The number of thioether (sulfide) groups is 2. The number of rotatable bonds is 12. The van der Waals surface area contributed by atoms with E-state index < -0.39 is 82.4 Å². The van der Waals surface area contributed by atoms with Gasteiger partial charge < -0.3 is 41.8 Å². The van der Waals surface area contributed by atoms with Crippen LogP contribution in [0.1, 0.15) is 37.1 Å². The molecular weight excluding hydrogens is 700 g/mol. The molecule has 20 heteroatoms. The second-order valence-corrected chi connectivity index (χ2v) is 13.7. The first-order valence-electron chi connectivity index (χ1n) is 14.9. The first-order chi connectivity index (χ1) is 23.6. The molecule has 50 heavy (non-hydrogen) atoms. The van der Waals surface area contributed by atoms with E-state index in [4.69, 9.17) is 20.9 Å². The number of carboxylic acid groups (broad SMARTS) is 2. The van der Waals surface area contributed by atoms with E-state index in [0.29, 0.717) is 11.1 Å². The number of carbonyl (C=O) groups excluding carboxylic acids is 6. The van der Waals surface area contributed by atoms with Crippen molar-refractivity contribution in [2.45, 2.75) is 48.8 Å². The highest BCUT2D eigenvalue weighted by atomic mass is 32.2. The Bertz CT molecular complexity index is 1620. The lowest BCUT2D eigenvalue weighted by Gasteiger charge is -2.49. The van der Waals surface area contributed by atoms with E-state index in [2.05, 4.69) is 10.6 Å². The molecule has 4 amide bonds. The molecule has 2 unspecified atom stereocenters. The van der Waals surface area contributed by atoms with Crippen LogP contribution in [0, 0.1) is 0 Å². The number of nitrogens with two attached hydrogens (primary N) is 2. The van der Waals surface area contributed by atoms with Gasteiger partial charge in [0.05, 0.1) is 0 Å². The molecule has 1 aromatic carbocycles. The van der Waals surface area contributed by atoms with Gasteiger partial charge in [0.15, 0.2) is 0 Å². The lowest BCUT2D eigenvalue weighted by molar-refractivity contribution is -0.151. The highest BCUT2D eigenvalue weighted by Gasteiger charge is 2.55. The van der Waals surface area contributed by atoms with E-state index in [-0.39, 0.29) is 47.3 Å². The van der Waals surface area contributed by atoms with Gasteiger partial charge >= 0.3 is 23.9 Å². The Hall–Kier alpha value is -4.92. The maximum Gasteiger partial charge on any atom is 0.352 e. The summed E-state index contributed by atoms with van der Waals surface area (Å²) in [6.07, 6.45) is 0. The van der Waals surface area contributed by atoms with Gasteiger partial charge in [-0.1, -0.05) is 24.3 Å². The molecule has 266 valence electrons. The average molecular weight is 733 g/mol. The SMILES string of the molecule is CC(=O)OCC1=C(C(=O)O)N2C(=O)[C@@H](NC(=O)C(N)c3ccc(C(N)C(=O)N[C@@H]4C(=O)N5C(C(=O)O)=C(COC(C)=O)CS[C@H]45)cc3)[C@H]2SC1. The molecule has 0 radical (unpaired) electrons. The molecule has 4 aliphatic rings. The monoisotopic (exact) mass is 732 g/mol. The largest absolute Gasteiger partial charge is 0.477 e. The van der Waals surface area contributed by atoms with Gasteiger partial charge in [-0.25, -0.2) is 9.59 Å². The summed E-state index contributed by atoms with van der Waals surface area (Å²) >= 11 is 2.40. The van der Waals surface area contributed by atoms with Crippen LogP contribution in [0.15, 0.2) is 46.8 Å². The van der Waals surface area contributed by atoms with Crippen molar-refractivity contribution >= 4 is 71.0 Å². The van der Waals surface area contributed by atoms with Crippen molar-refractivity contribution < 1.29 is 58.0 Å². The summed E-state index contributed by atoms with van der Waals surface area (Å²) < 4.78 is 9.82. The van der Waals surface area contributed by atoms with E-state index >= 15 is 0 Å². The number of β-lactam (4-membered cyclic amide) rings is 2. The normalized spacial score (nSPS) is 23.8. The smallest absolute Gasteiger partial charge is 0.352 e. The number of ether oxygens (including phenoxy) is 2. The molecule has 5 rings (SSSR count). The Balaban J connectivity index is 1.17. The molecule has 0 spiro atoms. The third kappa shape index (κ3) is 6.91. The third-order valence-electron chi connectivity index (χ3n) is 8.21. The highest BCUT2D eigenvalue weighted by Crippen LogP contribution is 2.42. The maximum atomic E-state index is 13.0. The van der Waals surface area contributed by atoms with E-state index in [1.165, 1.54) is 61.6 Å². The number of fused-ring (bicyclic) bond motifs is 2. The van der Waals surface area contributed by atoms with Crippen LogP contribution in [0.5, 0.6) is 0 Å². The number of aliphatic carboxylic acids is 2. The van der Waals surface area contributed by atoms with Crippen LogP contribution < -0.4 is 22.1 Å². The molecule has 0 aromatic heterocycles. The van der Waals surface area contributed by atoms with Crippen molar-refractivity contribution in [1.82, 2.24) is 20.4 Å². The molecule has 4 aliphatic heterocycles. The van der Waals surface area contributed by atoms with Crippen LogP contribution in [-0.4, -0.2) is 115 Å². The predicted molar refractivity (Wildman–Crippen MR) is 173 cm³/mol. The second-order valence-electron chi connectivity index (χ2n) is 11.5. The second kappa shape index (κ2) is 14.5. The Kier molecular flexibility index (Phi) is 10.6. The van der Waals surface area contributed by atoms with Gasteiger partial charge in [-0.3, -0.25) is 38.6 Å². The molecule has 6 atom stereocenters. The van der Waals surface area contributed by atoms with Crippen LogP contribution in [0.2, 0.25) is 0 Å². The van der Waals surface area contributed by atoms with E-state index in [9.17, 15) is 48.6 Å². The summed E-state index contributed by atoms with van der Waals surface area (Å²) in [5, 5.41) is 23.1. The predicted octanol–water partition coefficient (Wildman–Crippen LogP) is -1.71.